The summed E-state index contributed by atoms with van der Waals surface area (Å²) >= 11 is 3.22. The minimum absolute atomic E-state index is 0.105. The number of nitrogens with zero attached hydrogens (tertiary/aromatic N) is 1. The smallest absolute Gasteiger partial charge is 0.257 e. The normalized spacial score (nSPS) is 21.4. The number of nitrogens with one attached hydrogen (secondary N) is 2. The number of allylic oxidation sites excluding steroid dienone is 2. The topological polar surface area (TPSA) is 74.8 Å². The quantitative estimate of drug-likeness (QED) is 0.514. The summed E-state index contributed by atoms with van der Waals surface area (Å²) in [5.41, 5.74) is 1.97. The molecular weight excluding hydrogens is 402 g/mol. The molecule has 0 unspecified atom stereocenters. The molecule has 0 radical (unpaired) electrons. The number of thiophene rings is 1. The predicted octanol–water partition coefficient (Wildman–Crippen LogP) is 5.23. The van der Waals surface area contributed by atoms with Gasteiger partial charge in [-0.15, -0.1) is 11.3 Å². The highest BCUT2D eigenvalue weighted by Crippen LogP contribution is 2.48. The molecule has 0 saturated heterocycles. The molecule has 2 aromatic heterocycles. The van der Waals surface area contributed by atoms with Crippen LogP contribution in [0.4, 0.5) is 5.82 Å². The van der Waals surface area contributed by atoms with E-state index >= 15 is 0 Å². The molecule has 2 atom stereocenters. The molecule has 4 rings (SSSR count). The molecule has 3 heterocycles. The minimum atomic E-state index is -0.345. The summed E-state index contributed by atoms with van der Waals surface area (Å²) in [6.07, 6.45) is 2.27. The molecule has 0 fully saturated rings. The maximum atomic E-state index is 13.2. The van der Waals surface area contributed by atoms with Crippen molar-refractivity contribution in [3.63, 3.8) is 0 Å². The Bertz CT molecular complexity index is 1060. The average Bonchev–Trinajstić information content (AvgIpc) is 3.04. The Morgan fingerprint density at radius 2 is 2.07 bits per heavy atom. The summed E-state index contributed by atoms with van der Waals surface area (Å²) in [7, 11) is 0. The van der Waals surface area contributed by atoms with Gasteiger partial charge in [-0.25, -0.2) is 4.98 Å². The first-order valence-corrected chi connectivity index (χ1v) is 11.8. The van der Waals surface area contributed by atoms with Crippen LogP contribution in [0.1, 0.15) is 68.2 Å². The lowest BCUT2D eigenvalue weighted by molar-refractivity contribution is -0.118. The number of aromatic amines is 1. The van der Waals surface area contributed by atoms with Crippen molar-refractivity contribution in [1.82, 2.24) is 9.97 Å². The molecule has 29 heavy (non-hydrogen) atoms. The average molecular weight is 430 g/mol. The van der Waals surface area contributed by atoms with Crippen LogP contribution in [0.25, 0.3) is 0 Å². The van der Waals surface area contributed by atoms with Crippen LogP contribution in [0.5, 0.6) is 0 Å². The van der Waals surface area contributed by atoms with Crippen LogP contribution in [-0.4, -0.2) is 21.0 Å². The van der Waals surface area contributed by atoms with Gasteiger partial charge in [-0.3, -0.25) is 9.59 Å². The lowest BCUT2D eigenvalue weighted by Gasteiger charge is -2.38. The van der Waals surface area contributed by atoms with Crippen molar-refractivity contribution in [1.29, 1.82) is 0 Å². The number of aromatic nitrogens is 2. The van der Waals surface area contributed by atoms with Gasteiger partial charge in [0.2, 0.25) is 0 Å². The third-order valence-corrected chi connectivity index (χ3v) is 7.85. The summed E-state index contributed by atoms with van der Waals surface area (Å²) in [6.45, 7) is 10.5. The standard InChI is InChI=1S/C22H27N3O2S2/c1-6-11(2)29-21-24-19-18(20(27)25-21)17(15-8-7-12(3)28-15)16-13(23-19)9-22(4,5)10-14(16)26/h7-8,11,17H,6,9-10H2,1-5H3,(H2,23,24,25,27)/t11-,17+/m0/s1. The van der Waals surface area contributed by atoms with Crippen LogP contribution < -0.4 is 10.9 Å². The van der Waals surface area contributed by atoms with E-state index in [1.165, 1.54) is 4.88 Å². The summed E-state index contributed by atoms with van der Waals surface area (Å²) in [5.74, 6) is 0.380. The van der Waals surface area contributed by atoms with Crippen molar-refractivity contribution in [3.8, 4) is 0 Å². The fraction of sp³-hybridized carbons (Fsp3) is 0.500. The SMILES string of the molecule is CC[C@H](C)Sc1nc2c(c(=O)[nH]1)[C@H](c1ccc(C)s1)C1=C(CC(C)(C)CC1=O)N2. The monoisotopic (exact) mass is 429 g/mol. The molecule has 0 saturated carbocycles. The van der Waals surface area contributed by atoms with Gasteiger partial charge in [-0.1, -0.05) is 39.5 Å². The Morgan fingerprint density at radius 1 is 1.31 bits per heavy atom. The number of Topliss-reactive ketones (excluding diaryl/α,β-unsaturated/α-hetero) is 1. The molecule has 0 aromatic carbocycles. The third-order valence-electron chi connectivity index (χ3n) is 5.63. The van der Waals surface area contributed by atoms with E-state index in [2.05, 4.69) is 38.0 Å². The van der Waals surface area contributed by atoms with Crippen molar-refractivity contribution < 1.29 is 4.79 Å². The van der Waals surface area contributed by atoms with Crippen LogP contribution in [0, 0.1) is 12.3 Å². The highest BCUT2D eigenvalue weighted by atomic mass is 32.2. The molecule has 1 aliphatic carbocycles. The largest absolute Gasteiger partial charge is 0.343 e. The highest BCUT2D eigenvalue weighted by molar-refractivity contribution is 7.99. The Hall–Kier alpha value is -1.86. The second-order valence-corrected chi connectivity index (χ2v) is 11.6. The first kappa shape index (κ1) is 20.4. The number of hydrogen-bond acceptors (Lipinski definition) is 6. The molecule has 2 aliphatic rings. The molecule has 0 spiro atoms. The van der Waals surface area contributed by atoms with E-state index < -0.39 is 0 Å². The number of carbonyl (C=O) groups is 1. The van der Waals surface area contributed by atoms with E-state index in [9.17, 15) is 9.59 Å². The molecule has 1 aliphatic heterocycles. The van der Waals surface area contributed by atoms with E-state index in [1.54, 1.807) is 23.1 Å². The van der Waals surface area contributed by atoms with Crippen LogP contribution in [0.15, 0.2) is 33.4 Å². The van der Waals surface area contributed by atoms with Crippen molar-refractivity contribution >= 4 is 34.7 Å². The van der Waals surface area contributed by atoms with Crippen LogP contribution in [-0.2, 0) is 4.79 Å². The summed E-state index contributed by atoms with van der Waals surface area (Å²) in [5, 5.41) is 4.37. The fourth-order valence-electron chi connectivity index (χ4n) is 4.12. The van der Waals surface area contributed by atoms with Gasteiger partial charge < -0.3 is 10.3 Å². The number of hydrogen-bond donors (Lipinski definition) is 2. The molecule has 2 aromatic rings. The number of anilines is 1. The maximum Gasteiger partial charge on any atom is 0.257 e. The Labute approximate surface area is 179 Å². The molecule has 2 N–H and O–H groups in total. The van der Waals surface area contributed by atoms with Gasteiger partial charge in [0, 0.05) is 32.7 Å². The lowest BCUT2D eigenvalue weighted by atomic mass is 9.70. The van der Waals surface area contributed by atoms with Gasteiger partial charge >= 0.3 is 0 Å². The number of carbonyl (C=O) groups excluding carboxylic acids is 1. The van der Waals surface area contributed by atoms with Crippen molar-refractivity contribution in [2.45, 2.75) is 70.2 Å². The van der Waals surface area contributed by atoms with E-state index in [0.717, 1.165) is 29.0 Å². The zero-order valence-electron chi connectivity index (χ0n) is 17.5. The molecule has 7 heteroatoms. The molecule has 154 valence electrons. The predicted molar refractivity (Wildman–Crippen MR) is 120 cm³/mol. The van der Waals surface area contributed by atoms with Gasteiger partial charge in [0.25, 0.3) is 5.56 Å². The molecule has 0 amide bonds. The number of H-pyrrole nitrogens is 1. The van der Waals surface area contributed by atoms with E-state index in [0.29, 0.717) is 28.2 Å². The highest BCUT2D eigenvalue weighted by Gasteiger charge is 2.42. The second kappa shape index (κ2) is 7.43. The Morgan fingerprint density at radius 3 is 2.72 bits per heavy atom. The maximum absolute atomic E-state index is 13.2. The first-order chi connectivity index (χ1) is 13.7. The summed E-state index contributed by atoms with van der Waals surface area (Å²) < 4.78 is 0. The number of rotatable bonds is 4. The van der Waals surface area contributed by atoms with Crippen molar-refractivity contribution in [2.24, 2.45) is 5.41 Å². The first-order valence-electron chi connectivity index (χ1n) is 10.1. The molecule has 5 nitrogen and oxygen atoms in total. The fourth-order valence-corrected chi connectivity index (χ4v) is 5.96. The van der Waals surface area contributed by atoms with E-state index in [4.69, 9.17) is 4.98 Å². The van der Waals surface area contributed by atoms with Gasteiger partial charge in [0.05, 0.1) is 11.5 Å². The van der Waals surface area contributed by atoms with E-state index in [-0.39, 0.29) is 22.7 Å². The molecule has 0 bridgehead atoms. The van der Waals surface area contributed by atoms with Crippen LogP contribution in [0.2, 0.25) is 0 Å². The van der Waals surface area contributed by atoms with E-state index in [1.807, 2.05) is 19.1 Å². The van der Waals surface area contributed by atoms with Crippen LogP contribution >= 0.6 is 23.1 Å². The number of fused-ring (bicyclic) bond motifs is 1. The zero-order chi connectivity index (χ0) is 20.9. The molecular formula is C22H27N3O2S2. The van der Waals surface area contributed by atoms with Gasteiger partial charge in [0.15, 0.2) is 10.9 Å². The second-order valence-electron chi connectivity index (χ2n) is 8.81. The van der Waals surface area contributed by atoms with Crippen molar-refractivity contribution in [3.05, 3.63) is 49.1 Å². The minimum Gasteiger partial charge on any atom is -0.343 e. The summed E-state index contributed by atoms with van der Waals surface area (Å²) in [4.78, 5) is 36.3. The van der Waals surface area contributed by atoms with Crippen LogP contribution in [0.3, 0.4) is 0 Å². The lowest BCUT2D eigenvalue weighted by Crippen LogP contribution is -2.36. The zero-order valence-corrected chi connectivity index (χ0v) is 19.1. The Kier molecular flexibility index (Phi) is 5.23. The van der Waals surface area contributed by atoms with Gasteiger partial charge in [0.1, 0.15) is 5.82 Å². The Balaban J connectivity index is 1.89. The number of thioether (sulfide) groups is 1. The third kappa shape index (κ3) is 3.82. The number of aryl methyl sites for hydroxylation is 1. The van der Waals surface area contributed by atoms with Gasteiger partial charge in [-0.05, 0) is 37.3 Å². The van der Waals surface area contributed by atoms with Gasteiger partial charge in [-0.2, -0.15) is 0 Å². The number of ketones is 1. The van der Waals surface area contributed by atoms with Crippen molar-refractivity contribution in [2.75, 3.05) is 5.32 Å². The summed E-state index contributed by atoms with van der Waals surface area (Å²) in [6, 6.07) is 4.09.